The number of carbonyl (C=O) groups excluding carboxylic acids is 1. The Kier molecular flexibility index (Phi) is 5.12. The van der Waals surface area contributed by atoms with Crippen molar-refractivity contribution < 1.29 is 9.90 Å². The minimum absolute atomic E-state index is 0.0499. The van der Waals surface area contributed by atoms with Gasteiger partial charge >= 0.3 is 6.03 Å². The van der Waals surface area contributed by atoms with Crippen molar-refractivity contribution in [2.75, 3.05) is 31.6 Å². The van der Waals surface area contributed by atoms with Crippen LogP contribution in [0.1, 0.15) is 5.56 Å². The van der Waals surface area contributed by atoms with E-state index in [0.717, 1.165) is 13.1 Å². The van der Waals surface area contributed by atoms with Gasteiger partial charge in [0, 0.05) is 39.4 Å². The fourth-order valence-corrected chi connectivity index (χ4v) is 3.01. The molecular weight excluding hydrogens is 306 g/mol. The van der Waals surface area contributed by atoms with Gasteiger partial charge in [-0.1, -0.05) is 30.3 Å². The molecule has 2 aromatic rings. The Morgan fingerprint density at radius 3 is 2.79 bits per heavy atom. The van der Waals surface area contributed by atoms with Gasteiger partial charge in [-0.3, -0.25) is 9.58 Å². The Morgan fingerprint density at radius 1 is 1.33 bits per heavy atom. The summed E-state index contributed by atoms with van der Waals surface area (Å²) >= 11 is 0. The summed E-state index contributed by atoms with van der Waals surface area (Å²) in [4.78, 5) is 16.4. The van der Waals surface area contributed by atoms with Crippen LogP contribution in [0.15, 0.2) is 42.7 Å². The van der Waals surface area contributed by atoms with E-state index < -0.39 is 0 Å². The third-order valence-electron chi connectivity index (χ3n) is 4.24. The molecule has 128 valence electrons. The Labute approximate surface area is 141 Å². The molecule has 2 heterocycles. The third-order valence-corrected chi connectivity index (χ3v) is 4.24. The number of rotatable bonds is 4. The Hall–Kier alpha value is -2.38. The van der Waals surface area contributed by atoms with E-state index in [2.05, 4.69) is 27.4 Å². The van der Waals surface area contributed by atoms with E-state index in [1.807, 2.05) is 18.2 Å². The summed E-state index contributed by atoms with van der Waals surface area (Å²) in [6.45, 7) is 2.81. The van der Waals surface area contributed by atoms with Crippen LogP contribution < -0.4 is 5.32 Å². The first-order chi connectivity index (χ1) is 11.7. The van der Waals surface area contributed by atoms with Crippen LogP contribution in [0.4, 0.5) is 10.5 Å². The highest BCUT2D eigenvalue weighted by Crippen LogP contribution is 2.15. The lowest BCUT2D eigenvalue weighted by Crippen LogP contribution is -2.57. The van der Waals surface area contributed by atoms with Crippen molar-refractivity contribution in [1.82, 2.24) is 19.6 Å². The number of amides is 2. The number of aliphatic hydroxyl groups is 1. The van der Waals surface area contributed by atoms with Crippen molar-refractivity contribution in [3.63, 3.8) is 0 Å². The van der Waals surface area contributed by atoms with E-state index in [1.54, 1.807) is 29.0 Å². The Morgan fingerprint density at radius 2 is 2.12 bits per heavy atom. The van der Waals surface area contributed by atoms with E-state index >= 15 is 0 Å². The highest BCUT2D eigenvalue weighted by molar-refractivity contribution is 5.89. The molecule has 24 heavy (non-hydrogen) atoms. The smallest absolute Gasteiger partial charge is 0.322 e. The van der Waals surface area contributed by atoms with Gasteiger partial charge in [-0.25, -0.2) is 4.79 Å². The average Bonchev–Trinajstić information content (AvgIpc) is 3.00. The lowest BCUT2D eigenvalue weighted by atomic mass is 10.1. The van der Waals surface area contributed by atoms with Crippen molar-refractivity contribution >= 4 is 11.7 Å². The second kappa shape index (κ2) is 7.46. The summed E-state index contributed by atoms with van der Waals surface area (Å²) in [5.41, 5.74) is 1.90. The molecular formula is C17H23N5O2. The van der Waals surface area contributed by atoms with Crippen molar-refractivity contribution in [2.24, 2.45) is 7.05 Å². The van der Waals surface area contributed by atoms with Crippen LogP contribution in [0.25, 0.3) is 0 Å². The topological polar surface area (TPSA) is 73.6 Å². The number of benzene rings is 1. The van der Waals surface area contributed by atoms with Crippen LogP contribution in [-0.4, -0.2) is 63.0 Å². The van der Waals surface area contributed by atoms with Crippen LogP contribution in [0.5, 0.6) is 0 Å². The number of nitrogens with zero attached hydrogens (tertiary/aromatic N) is 4. The van der Waals surface area contributed by atoms with E-state index in [9.17, 15) is 9.90 Å². The monoisotopic (exact) mass is 329 g/mol. The largest absolute Gasteiger partial charge is 0.394 e. The second-order valence-electron chi connectivity index (χ2n) is 6.08. The van der Waals surface area contributed by atoms with Crippen LogP contribution >= 0.6 is 0 Å². The minimum Gasteiger partial charge on any atom is -0.394 e. The van der Waals surface area contributed by atoms with Crippen LogP contribution in [-0.2, 0) is 13.6 Å². The zero-order valence-corrected chi connectivity index (χ0v) is 13.8. The van der Waals surface area contributed by atoms with Gasteiger partial charge in [0.25, 0.3) is 0 Å². The summed E-state index contributed by atoms with van der Waals surface area (Å²) in [7, 11) is 1.80. The summed E-state index contributed by atoms with van der Waals surface area (Å²) in [5.74, 6) is 0. The number of carbonyl (C=O) groups is 1. The molecule has 1 fully saturated rings. The highest BCUT2D eigenvalue weighted by Gasteiger charge is 2.30. The summed E-state index contributed by atoms with van der Waals surface area (Å²) in [6.07, 6.45) is 3.36. The number of hydrogen-bond donors (Lipinski definition) is 2. The molecule has 2 N–H and O–H groups in total. The molecule has 0 radical (unpaired) electrons. The molecule has 7 nitrogen and oxygen atoms in total. The van der Waals surface area contributed by atoms with Crippen molar-refractivity contribution in [2.45, 2.75) is 12.6 Å². The molecule has 1 aliphatic rings. The zero-order valence-electron chi connectivity index (χ0n) is 13.8. The average molecular weight is 329 g/mol. The fourth-order valence-electron chi connectivity index (χ4n) is 3.01. The molecule has 0 saturated carbocycles. The predicted octanol–water partition coefficient (Wildman–Crippen LogP) is 1.13. The van der Waals surface area contributed by atoms with Gasteiger partial charge in [-0.05, 0) is 5.56 Å². The number of urea groups is 1. The van der Waals surface area contributed by atoms with Gasteiger partial charge in [0.05, 0.1) is 24.5 Å². The van der Waals surface area contributed by atoms with Crippen LogP contribution in [0.2, 0.25) is 0 Å². The lowest BCUT2D eigenvalue weighted by molar-refractivity contribution is 0.0623. The van der Waals surface area contributed by atoms with E-state index in [1.165, 1.54) is 5.56 Å². The molecule has 1 aromatic heterocycles. The molecule has 0 spiro atoms. The van der Waals surface area contributed by atoms with E-state index in [0.29, 0.717) is 18.8 Å². The normalized spacial score (nSPS) is 18.6. The molecule has 3 rings (SSSR count). The summed E-state index contributed by atoms with van der Waals surface area (Å²) < 4.78 is 1.64. The van der Waals surface area contributed by atoms with E-state index in [-0.39, 0.29) is 18.7 Å². The number of nitrogens with one attached hydrogen (secondary N) is 1. The number of anilines is 1. The number of aliphatic hydroxyl groups excluding tert-OH is 1. The SMILES string of the molecule is Cn1cc(NC(=O)N2CCN(Cc3ccccc3)C[C@@H]2CO)cn1. The first-order valence-electron chi connectivity index (χ1n) is 8.09. The van der Waals surface area contributed by atoms with Gasteiger partial charge in [-0.2, -0.15) is 5.10 Å². The lowest BCUT2D eigenvalue weighted by Gasteiger charge is -2.40. The first kappa shape index (κ1) is 16.5. The number of aryl methyl sites for hydroxylation is 1. The fraction of sp³-hybridized carbons (Fsp3) is 0.412. The Balaban J connectivity index is 1.59. The van der Waals surface area contributed by atoms with Gasteiger partial charge in [0.1, 0.15) is 0 Å². The first-order valence-corrected chi connectivity index (χ1v) is 8.09. The van der Waals surface area contributed by atoms with Gasteiger partial charge in [0.15, 0.2) is 0 Å². The maximum Gasteiger partial charge on any atom is 0.322 e. The van der Waals surface area contributed by atoms with Crippen LogP contribution in [0.3, 0.4) is 0 Å². The summed E-state index contributed by atoms with van der Waals surface area (Å²) in [6, 6.07) is 9.83. The molecule has 0 unspecified atom stereocenters. The predicted molar refractivity (Wildman–Crippen MR) is 91.5 cm³/mol. The molecule has 0 aliphatic carbocycles. The number of piperazine rings is 1. The third kappa shape index (κ3) is 3.93. The molecule has 1 atom stereocenters. The zero-order chi connectivity index (χ0) is 16.9. The molecule has 0 bridgehead atoms. The minimum atomic E-state index is -0.209. The standard InChI is InChI=1S/C17H23N5O2/c1-20-11-15(9-18-20)19-17(24)22-8-7-21(12-16(22)13-23)10-14-5-3-2-4-6-14/h2-6,9,11,16,23H,7-8,10,12-13H2,1H3,(H,19,24)/t16-/m1/s1. The van der Waals surface area contributed by atoms with E-state index in [4.69, 9.17) is 0 Å². The van der Waals surface area contributed by atoms with Gasteiger partial charge in [-0.15, -0.1) is 0 Å². The maximum atomic E-state index is 12.5. The van der Waals surface area contributed by atoms with Crippen LogP contribution in [0, 0.1) is 0 Å². The molecule has 7 heteroatoms. The number of aromatic nitrogens is 2. The molecule has 1 aromatic carbocycles. The maximum absolute atomic E-state index is 12.5. The number of hydrogen-bond acceptors (Lipinski definition) is 4. The highest BCUT2D eigenvalue weighted by atomic mass is 16.3. The van der Waals surface area contributed by atoms with Crippen molar-refractivity contribution in [1.29, 1.82) is 0 Å². The van der Waals surface area contributed by atoms with Gasteiger partial charge in [0.2, 0.25) is 0 Å². The molecule has 2 amide bonds. The summed E-state index contributed by atoms with van der Waals surface area (Å²) in [5, 5.41) is 16.6. The van der Waals surface area contributed by atoms with Gasteiger partial charge < -0.3 is 15.3 Å². The van der Waals surface area contributed by atoms with Crippen molar-refractivity contribution in [3.05, 3.63) is 48.3 Å². The Bertz CT molecular complexity index is 673. The molecule has 1 saturated heterocycles. The second-order valence-corrected chi connectivity index (χ2v) is 6.08. The van der Waals surface area contributed by atoms with Crippen molar-refractivity contribution in [3.8, 4) is 0 Å². The molecule has 1 aliphatic heterocycles. The quantitative estimate of drug-likeness (QED) is 0.882.